The Balaban J connectivity index is 2.50. The first-order valence-corrected chi connectivity index (χ1v) is 7.15. The molecule has 5 heteroatoms. The minimum Gasteiger partial charge on any atom is -0.309 e. The molecule has 0 saturated carbocycles. The maximum atomic E-state index is 14.0. The molecule has 0 aliphatic heterocycles. The van der Waals surface area contributed by atoms with Crippen LogP contribution >= 0.6 is 39.1 Å². The van der Waals surface area contributed by atoms with Crippen LogP contribution in [0.1, 0.15) is 17.2 Å². The summed E-state index contributed by atoms with van der Waals surface area (Å²) in [6, 6.07) is 9.82. The van der Waals surface area contributed by atoms with Crippen molar-refractivity contribution >= 4 is 39.1 Å². The molecular weight excluding hydrogens is 352 g/mol. The summed E-state index contributed by atoms with van der Waals surface area (Å²) in [5.74, 6) is -0.339. The number of hydrogen-bond acceptors (Lipinski definition) is 1. The van der Waals surface area contributed by atoms with E-state index in [0.717, 1.165) is 10.0 Å². The van der Waals surface area contributed by atoms with Crippen molar-refractivity contribution in [2.45, 2.75) is 6.04 Å². The first-order valence-electron chi connectivity index (χ1n) is 5.60. The fourth-order valence-electron chi connectivity index (χ4n) is 1.95. The van der Waals surface area contributed by atoms with Gasteiger partial charge in [-0.2, -0.15) is 0 Å². The van der Waals surface area contributed by atoms with Gasteiger partial charge in [0.1, 0.15) is 5.82 Å². The molecule has 1 N–H and O–H groups in total. The van der Waals surface area contributed by atoms with Gasteiger partial charge in [0, 0.05) is 20.1 Å². The average Bonchev–Trinajstić information content (AvgIpc) is 2.34. The quantitative estimate of drug-likeness (QED) is 0.790. The first-order chi connectivity index (χ1) is 9.02. The van der Waals surface area contributed by atoms with E-state index < -0.39 is 0 Å². The van der Waals surface area contributed by atoms with Crippen LogP contribution in [0.4, 0.5) is 4.39 Å². The van der Waals surface area contributed by atoms with Crippen molar-refractivity contribution in [2.24, 2.45) is 0 Å². The van der Waals surface area contributed by atoms with Gasteiger partial charge in [-0.1, -0.05) is 51.3 Å². The highest BCUT2D eigenvalue weighted by atomic mass is 79.9. The molecule has 2 rings (SSSR count). The van der Waals surface area contributed by atoms with E-state index in [2.05, 4.69) is 21.2 Å². The Morgan fingerprint density at radius 1 is 1.05 bits per heavy atom. The van der Waals surface area contributed by atoms with Crippen molar-refractivity contribution in [3.05, 3.63) is 67.9 Å². The lowest BCUT2D eigenvalue weighted by Crippen LogP contribution is -2.19. The predicted octanol–water partition coefficient (Wildman–Crippen LogP) is 5.20. The molecule has 0 bridgehead atoms. The molecule has 2 aromatic rings. The molecule has 1 unspecified atom stereocenters. The van der Waals surface area contributed by atoms with Gasteiger partial charge in [-0.15, -0.1) is 0 Å². The van der Waals surface area contributed by atoms with Gasteiger partial charge in [-0.05, 0) is 36.9 Å². The summed E-state index contributed by atoms with van der Waals surface area (Å²) in [7, 11) is 1.78. The lowest BCUT2D eigenvalue weighted by molar-refractivity contribution is 0.575. The maximum Gasteiger partial charge on any atom is 0.129 e. The van der Waals surface area contributed by atoms with Crippen molar-refractivity contribution in [3.8, 4) is 0 Å². The second kappa shape index (κ2) is 6.23. The number of hydrogen-bond donors (Lipinski definition) is 1. The summed E-state index contributed by atoms with van der Waals surface area (Å²) < 4.78 is 14.8. The number of rotatable bonds is 3. The second-order valence-electron chi connectivity index (χ2n) is 4.05. The third-order valence-corrected chi connectivity index (χ3v) is 3.99. The lowest BCUT2D eigenvalue weighted by atomic mass is 9.98. The fourth-order valence-corrected chi connectivity index (χ4v) is 3.02. The molecule has 0 aromatic heterocycles. The van der Waals surface area contributed by atoms with Crippen LogP contribution < -0.4 is 5.32 Å². The molecule has 0 aliphatic rings. The maximum absolute atomic E-state index is 14.0. The molecule has 19 heavy (non-hydrogen) atoms. The highest BCUT2D eigenvalue weighted by Crippen LogP contribution is 2.32. The van der Waals surface area contributed by atoms with Gasteiger partial charge >= 0.3 is 0 Å². The van der Waals surface area contributed by atoms with E-state index in [9.17, 15) is 4.39 Å². The Hall–Kier alpha value is -0.610. The smallest absolute Gasteiger partial charge is 0.129 e. The molecule has 0 aliphatic carbocycles. The van der Waals surface area contributed by atoms with Crippen molar-refractivity contribution < 1.29 is 4.39 Å². The van der Waals surface area contributed by atoms with E-state index in [4.69, 9.17) is 23.2 Å². The second-order valence-corrected chi connectivity index (χ2v) is 5.78. The summed E-state index contributed by atoms with van der Waals surface area (Å²) in [6.07, 6.45) is 0. The first kappa shape index (κ1) is 14.8. The van der Waals surface area contributed by atoms with Crippen LogP contribution in [0.15, 0.2) is 40.9 Å². The van der Waals surface area contributed by atoms with Crippen molar-refractivity contribution in [3.63, 3.8) is 0 Å². The summed E-state index contributed by atoms with van der Waals surface area (Å²) in [5.41, 5.74) is 1.45. The van der Waals surface area contributed by atoms with Crippen LogP contribution in [0.25, 0.3) is 0 Å². The van der Waals surface area contributed by atoms with E-state index in [1.165, 1.54) is 6.07 Å². The Bertz CT molecular complexity index is 552. The van der Waals surface area contributed by atoms with Gasteiger partial charge < -0.3 is 5.32 Å². The van der Waals surface area contributed by atoms with Crippen molar-refractivity contribution in [1.29, 1.82) is 0 Å². The van der Waals surface area contributed by atoms with Gasteiger partial charge in [0.15, 0.2) is 0 Å². The van der Waals surface area contributed by atoms with Crippen molar-refractivity contribution in [2.75, 3.05) is 7.05 Å². The van der Waals surface area contributed by atoms with Crippen LogP contribution in [0, 0.1) is 5.82 Å². The topological polar surface area (TPSA) is 12.0 Å². The highest BCUT2D eigenvalue weighted by Gasteiger charge is 2.18. The van der Waals surface area contributed by atoms with Gasteiger partial charge in [-0.25, -0.2) is 4.39 Å². The van der Waals surface area contributed by atoms with Crippen LogP contribution in [-0.4, -0.2) is 7.05 Å². The summed E-state index contributed by atoms with van der Waals surface area (Å²) in [4.78, 5) is 0. The molecule has 0 fully saturated rings. The zero-order valence-electron chi connectivity index (χ0n) is 10.1. The third kappa shape index (κ3) is 3.29. The standard InChI is InChI=1S/C14H11BrCl2FN/c1-19-14(10-4-2-8(16)6-12(10)15)11-5-3-9(17)7-13(11)18/h2-7,14,19H,1H3. The number of nitrogens with one attached hydrogen (secondary N) is 1. The molecule has 2 aromatic carbocycles. The van der Waals surface area contributed by atoms with Crippen LogP contribution in [0.5, 0.6) is 0 Å². The van der Waals surface area contributed by atoms with E-state index in [0.29, 0.717) is 15.6 Å². The Kier molecular flexibility index (Phi) is 4.85. The van der Waals surface area contributed by atoms with Gasteiger partial charge in [-0.3, -0.25) is 0 Å². The molecule has 100 valence electrons. The summed E-state index contributed by atoms with van der Waals surface area (Å²) >= 11 is 15.1. The largest absolute Gasteiger partial charge is 0.309 e. The Morgan fingerprint density at radius 3 is 2.16 bits per heavy atom. The van der Waals surface area contributed by atoms with E-state index in [1.807, 2.05) is 6.07 Å². The fraction of sp³-hybridized carbons (Fsp3) is 0.143. The van der Waals surface area contributed by atoms with Crippen LogP contribution in [0.3, 0.4) is 0 Å². The normalized spacial score (nSPS) is 12.5. The van der Waals surface area contributed by atoms with E-state index in [-0.39, 0.29) is 11.9 Å². The molecular formula is C14H11BrCl2FN. The molecule has 0 heterocycles. The average molecular weight is 363 g/mol. The van der Waals surface area contributed by atoms with E-state index in [1.54, 1.807) is 31.3 Å². The van der Waals surface area contributed by atoms with Crippen LogP contribution in [0.2, 0.25) is 10.0 Å². The minimum atomic E-state index is -0.339. The van der Waals surface area contributed by atoms with Gasteiger partial charge in [0.05, 0.1) is 6.04 Å². The Morgan fingerprint density at radius 2 is 1.63 bits per heavy atom. The zero-order chi connectivity index (χ0) is 14.0. The SMILES string of the molecule is CNC(c1ccc(Cl)cc1F)c1ccc(Cl)cc1Br. The third-order valence-electron chi connectivity index (χ3n) is 2.84. The number of halogens is 4. The summed E-state index contributed by atoms with van der Waals surface area (Å²) in [6.45, 7) is 0. The lowest BCUT2D eigenvalue weighted by Gasteiger charge is -2.19. The minimum absolute atomic E-state index is 0.274. The number of benzene rings is 2. The molecule has 1 nitrogen and oxygen atoms in total. The molecule has 1 atom stereocenters. The Labute approximate surface area is 129 Å². The molecule has 0 radical (unpaired) electrons. The van der Waals surface area contributed by atoms with Gasteiger partial charge in [0.25, 0.3) is 0 Å². The molecule has 0 saturated heterocycles. The van der Waals surface area contributed by atoms with Crippen LogP contribution in [-0.2, 0) is 0 Å². The monoisotopic (exact) mass is 361 g/mol. The summed E-state index contributed by atoms with van der Waals surface area (Å²) in [5, 5.41) is 4.11. The van der Waals surface area contributed by atoms with E-state index >= 15 is 0 Å². The highest BCUT2D eigenvalue weighted by molar-refractivity contribution is 9.10. The predicted molar refractivity (Wildman–Crippen MR) is 81.5 cm³/mol. The van der Waals surface area contributed by atoms with Gasteiger partial charge in [0.2, 0.25) is 0 Å². The van der Waals surface area contributed by atoms with Crippen molar-refractivity contribution in [1.82, 2.24) is 5.32 Å². The zero-order valence-corrected chi connectivity index (χ0v) is 13.2. The molecule has 0 spiro atoms. The molecule has 0 amide bonds.